The number of amides is 2. The third-order valence-electron chi connectivity index (χ3n) is 6.48. The SMILES string of the molecule is CN(C(=O)Nc1ccc(F)cc1)c1ccccc1CCN1CCN(c2nsc3ccccc23)CC1. The Balaban J connectivity index is 1.18. The van der Waals surface area contributed by atoms with Gasteiger partial charge in [0.2, 0.25) is 0 Å². The average molecular weight is 490 g/mol. The molecule has 6 nitrogen and oxygen atoms in total. The Morgan fingerprint density at radius 1 is 1.00 bits per heavy atom. The zero-order valence-electron chi connectivity index (χ0n) is 19.7. The first kappa shape index (κ1) is 23.3. The maximum Gasteiger partial charge on any atom is 0.326 e. The van der Waals surface area contributed by atoms with Gasteiger partial charge in [-0.25, -0.2) is 9.18 Å². The first-order valence-electron chi connectivity index (χ1n) is 11.8. The van der Waals surface area contributed by atoms with Gasteiger partial charge in [-0.3, -0.25) is 9.80 Å². The Bertz CT molecular complexity index is 1300. The molecule has 3 aromatic carbocycles. The van der Waals surface area contributed by atoms with Crippen LogP contribution in [0.1, 0.15) is 5.56 Å². The number of hydrogen-bond acceptors (Lipinski definition) is 5. The molecular weight excluding hydrogens is 461 g/mol. The van der Waals surface area contributed by atoms with Gasteiger partial charge in [0.05, 0.1) is 4.70 Å². The highest BCUT2D eigenvalue weighted by atomic mass is 32.1. The number of rotatable bonds is 6. The second-order valence-corrected chi connectivity index (χ2v) is 9.51. The molecule has 0 saturated carbocycles. The lowest BCUT2D eigenvalue weighted by atomic mass is 10.1. The number of urea groups is 1. The van der Waals surface area contributed by atoms with Gasteiger partial charge in [0.1, 0.15) is 11.6 Å². The number of nitrogens with one attached hydrogen (secondary N) is 1. The number of para-hydroxylation sites is 1. The minimum atomic E-state index is -0.331. The maximum absolute atomic E-state index is 13.2. The first-order valence-corrected chi connectivity index (χ1v) is 12.6. The van der Waals surface area contributed by atoms with Crippen LogP contribution in [0, 0.1) is 5.82 Å². The minimum Gasteiger partial charge on any atom is -0.353 e. The van der Waals surface area contributed by atoms with Crippen molar-refractivity contribution in [3.63, 3.8) is 0 Å². The van der Waals surface area contributed by atoms with Crippen LogP contribution in [-0.4, -0.2) is 55.1 Å². The Labute approximate surface area is 208 Å². The van der Waals surface area contributed by atoms with Crippen molar-refractivity contribution in [3.05, 3.63) is 84.2 Å². The number of aromatic nitrogens is 1. The zero-order valence-corrected chi connectivity index (χ0v) is 20.5. The van der Waals surface area contributed by atoms with E-state index in [1.165, 1.54) is 22.2 Å². The van der Waals surface area contributed by atoms with Gasteiger partial charge in [0.15, 0.2) is 0 Å². The second-order valence-electron chi connectivity index (χ2n) is 8.71. The van der Waals surface area contributed by atoms with E-state index in [9.17, 15) is 9.18 Å². The van der Waals surface area contributed by atoms with Gasteiger partial charge in [-0.2, -0.15) is 4.37 Å². The number of anilines is 3. The molecule has 1 aromatic heterocycles. The molecule has 1 saturated heterocycles. The molecule has 2 heterocycles. The van der Waals surface area contributed by atoms with Crippen molar-refractivity contribution >= 4 is 44.8 Å². The predicted molar refractivity (Wildman–Crippen MR) is 142 cm³/mol. The average Bonchev–Trinajstić information content (AvgIpc) is 3.33. The molecule has 35 heavy (non-hydrogen) atoms. The lowest BCUT2D eigenvalue weighted by Gasteiger charge is -2.35. The number of piperazine rings is 1. The van der Waals surface area contributed by atoms with E-state index in [1.807, 2.05) is 18.2 Å². The number of fused-ring (bicyclic) bond motifs is 1. The molecule has 8 heteroatoms. The van der Waals surface area contributed by atoms with Crippen molar-refractivity contribution in [2.24, 2.45) is 0 Å². The Kier molecular flexibility index (Phi) is 6.92. The maximum atomic E-state index is 13.2. The van der Waals surface area contributed by atoms with Crippen molar-refractivity contribution in [1.29, 1.82) is 0 Å². The molecule has 180 valence electrons. The van der Waals surface area contributed by atoms with E-state index in [-0.39, 0.29) is 11.8 Å². The molecular formula is C27H28FN5OS. The number of halogens is 1. The fourth-order valence-corrected chi connectivity index (χ4v) is 5.26. The van der Waals surface area contributed by atoms with Gasteiger partial charge in [-0.05, 0) is 66.0 Å². The lowest BCUT2D eigenvalue weighted by Crippen LogP contribution is -2.47. The van der Waals surface area contributed by atoms with Gasteiger partial charge in [0, 0.05) is 56.5 Å². The van der Waals surface area contributed by atoms with Crippen LogP contribution in [-0.2, 0) is 6.42 Å². The Morgan fingerprint density at radius 2 is 1.71 bits per heavy atom. The molecule has 1 fully saturated rings. The zero-order chi connectivity index (χ0) is 24.2. The molecule has 0 radical (unpaired) electrons. The molecule has 1 aliphatic heterocycles. The summed E-state index contributed by atoms with van der Waals surface area (Å²) in [6.07, 6.45) is 0.851. The molecule has 0 unspecified atom stereocenters. The monoisotopic (exact) mass is 489 g/mol. The lowest BCUT2D eigenvalue weighted by molar-refractivity contribution is 0.257. The van der Waals surface area contributed by atoms with E-state index in [0.717, 1.165) is 56.2 Å². The highest BCUT2D eigenvalue weighted by Gasteiger charge is 2.21. The molecule has 1 aliphatic rings. The number of benzene rings is 3. The number of carbonyl (C=O) groups is 1. The molecule has 0 bridgehead atoms. The van der Waals surface area contributed by atoms with E-state index >= 15 is 0 Å². The summed E-state index contributed by atoms with van der Waals surface area (Å²) in [7, 11) is 1.76. The third-order valence-corrected chi connectivity index (χ3v) is 7.30. The molecule has 0 spiro atoms. The molecule has 0 aliphatic carbocycles. The largest absolute Gasteiger partial charge is 0.353 e. The van der Waals surface area contributed by atoms with Gasteiger partial charge in [-0.15, -0.1) is 0 Å². The number of nitrogens with zero attached hydrogens (tertiary/aromatic N) is 4. The van der Waals surface area contributed by atoms with Crippen molar-refractivity contribution in [2.45, 2.75) is 6.42 Å². The topological polar surface area (TPSA) is 51.7 Å². The van der Waals surface area contributed by atoms with Crippen LogP contribution >= 0.6 is 11.5 Å². The Morgan fingerprint density at radius 3 is 2.51 bits per heavy atom. The summed E-state index contributed by atoms with van der Waals surface area (Å²) in [6, 6.07) is 21.9. The minimum absolute atomic E-state index is 0.256. The third kappa shape index (κ3) is 5.28. The summed E-state index contributed by atoms with van der Waals surface area (Å²) in [5.74, 6) is 0.770. The van der Waals surface area contributed by atoms with E-state index in [4.69, 9.17) is 4.37 Å². The van der Waals surface area contributed by atoms with Crippen LogP contribution in [0.3, 0.4) is 0 Å². The highest BCUT2D eigenvalue weighted by molar-refractivity contribution is 7.13. The van der Waals surface area contributed by atoms with Crippen LogP contribution in [0.4, 0.5) is 26.4 Å². The summed E-state index contributed by atoms with van der Waals surface area (Å²) in [5.41, 5.74) is 2.56. The highest BCUT2D eigenvalue weighted by Crippen LogP contribution is 2.30. The van der Waals surface area contributed by atoms with Gasteiger partial charge < -0.3 is 10.2 Å². The molecule has 5 rings (SSSR count). The van der Waals surface area contributed by atoms with Crippen molar-refractivity contribution in [1.82, 2.24) is 9.27 Å². The molecule has 2 amide bonds. The van der Waals surface area contributed by atoms with Gasteiger partial charge in [0.25, 0.3) is 0 Å². The van der Waals surface area contributed by atoms with Crippen LogP contribution in [0.25, 0.3) is 10.1 Å². The van der Waals surface area contributed by atoms with E-state index in [0.29, 0.717) is 5.69 Å². The summed E-state index contributed by atoms with van der Waals surface area (Å²) in [6.45, 7) is 4.80. The number of carbonyl (C=O) groups excluding carboxylic acids is 1. The molecule has 4 aromatic rings. The molecule has 0 atom stereocenters. The van der Waals surface area contributed by atoms with Gasteiger partial charge in [-0.1, -0.05) is 30.3 Å². The van der Waals surface area contributed by atoms with E-state index in [2.05, 4.69) is 45.4 Å². The smallest absolute Gasteiger partial charge is 0.326 e. The first-order chi connectivity index (χ1) is 17.1. The van der Waals surface area contributed by atoms with Crippen LogP contribution in [0.2, 0.25) is 0 Å². The van der Waals surface area contributed by atoms with Crippen LogP contribution in [0.15, 0.2) is 72.8 Å². The quantitative estimate of drug-likeness (QED) is 0.390. The van der Waals surface area contributed by atoms with Crippen LogP contribution in [0.5, 0.6) is 0 Å². The predicted octanol–water partition coefficient (Wildman–Crippen LogP) is 5.47. The fraction of sp³-hybridized carbons (Fsp3) is 0.259. The van der Waals surface area contributed by atoms with Crippen molar-refractivity contribution in [3.8, 4) is 0 Å². The molecule has 1 N–H and O–H groups in total. The van der Waals surface area contributed by atoms with Crippen molar-refractivity contribution in [2.75, 3.05) is 54.9 Å². The Hall–Kier alpha value is -3.49. The summed E-state index contributed by atoms with van der Waals surface area (Å²) >= 11 is 1.56. The summed E-state index contributed by atoms with van der Waals surface area (Å²) < 4.78 is 19.1. The number of hydrogen-bond donors (Lipinski definition) is 1. The van der Waals surface area contributed by atoms with E-state index in [1.54, 1.807) is 35.6 Å². The van der Waals surface area contributed by atoms with Gasteiger partial charge >= 0.3 is 6.03 Å². The summed E-state index contributed by atoms with van der Waals surface area (Å²) in [5, 5.41) is 4.07. The summed E-state index contributed by atoms with van der Waals surface area (Å²) in [4.78, 5) is 19.3. The van der Waals surface area contributed by atoms with Crippen LogP contribution < -0.4 is 15.1 Å². The standard InChI is InChI=1S/C27H28FN5OS/c1-31(27(34)29-22-12-10-21(28)11-13-22)24-8-4-2-6-20(24)14-15-32-16-18-33(19-17-32)26-23-7-3-5-9-25(23)35-30-26/h2-13H,14-19H2,1H3,(H,29,34). The fourth-order valence-electron chi connectivity index (χ4n) is 4.46. The normalized spacial score (nSPS) is 14.3. The second kappa shape index (κ2) is 10.4. The van der Waals surface area contributed by atoms with E-state index < -0.39 is 0 Å². The van der Waals surface area contributed by atoms with Crippen molar-refractivity contribution < 1.29 is 9.18 Å².